The van der Waals surface area contributed by atoms with Crippen molar-refractivity contribution in [3.63, 3.8) is 0 Å². The number of benzene rings is 2. The number of rotatable bonds is 7. The highest BCUT2D eigenvalue weighted by atomic mass is 16.5. The Morgan fingerprint density at radius 3 is 2.29 bits per heavy atom. The van der Waals surface area contributed by atoms with Crippen LogP contribution in [0.3, 0.4) is 0 Å². The predicted octanol–water partition coefficient (Wildman–Crippen LogP) is 4.15. The Morgan fingerprint density at radius 1 is 0.952 bits per heavy atom. The highest BCUT2D eigenvalue weighted by Gasteiger charge is 2.06. The van der Waals surface area contributed by atoms with E-state index in [0.717, 1.165) is 18.7 Å². The highest BCUT2D eigenvalue weighted by Crippen LogP contribution is 2.26. The van der Waals surface area contributed by atoms with Gasteiger partial charge in [-0.05, 0) is 48.7 Å². The van der Waals surface area contributed by atoms with E-state index in [-0.39, 0.29) is 0 Å². The molecule has 1 N–H and O–H groups in total. The van der Waals surface area contributed by atoms with Gasteiger partial charge in [0.05, 0.1) is 0 Å². The average molecular weight is 283 g/mol. The van der Waals surface area contributed by atoms with Crippen LogP contribution in [0.25, 0.3) is 0 Å². The number of hydrogen-bond acceptors (Lipinski definition) is 2. The van der Waals surface area contributed by atoms with Gasteiger partial charge >= 0.3 is 0 Å². The molecule has 0 unspecified atom stereocenters. The Labute approximate surface area is 128 Å². The molecule has 0 spiro atoms. The topological polar surface area (TPSA) is 21.3 Å². The van der Waals surface area contributed by atoms with E-state index in [4.69, 9.17) is 4.74 Å². The standard InChI is InChI=1S/C19H25NO/c1-15(2)18-6-4-5-7-19(18)21-14-17-10-8-16(9-11-17)12-13-20-3/h4-11,15,20H,12-14H2,1-3H3. The maximum absolute atomic E-state index is 5.99. The van der Waals surface area contributed by atoms with Crippen molar-refractivity contribution in [2.24, 2.45) is 0 Å². The van der Waals surface area contributed by atoms with Crippen molar-refractivity contribution in [2.45, 2.75) is 32.8 Å². The van der Waals surface area contributed by atoms with Gasteiger partial charge < -0.3 is 10.1 Å². The van der Waals surface area contributed by atoms with Crippen molar-refractivity contribution < 1.29 is 4.74 Å². The predicted molar refractivity (Wildman–Crippen MR) is 88.9 cm³/mol. The molecule has 0 fully saturated rings. The second kappa shape index (κ2) is 7.84. The molecule has 112 valence electrons. The van der Waals surface area contributed by atoms with Crippen LogP contribution in [0.15, 0.2) is 48.5 Å². The third-order valence-corrected chi connectivity index (χ3v) is 3.62. The summed E-state index contributed by atoms with van der Waals surface area (Å²) in [6.45, 7) is 6.02. The van der Waals surface area contributed by atoms with Gasteiger partial charge in [0.2, 0.25) is 0 Å². The van der Waals surface area contributed by atoms with Gasteiger partial charge in [-0.15, -0.1) is 0 Å². The van der Waals surface area contributed by atoms with Crippen LogP contribution in [-0.4, -0.2) is 13.6 Å². The Kier molecular flexibility index (Phi) is 5.82. The van der Waals surface area contributed by atoms with Crippen LogP contribution in [0.4, 0.5) is 0 Å². The van der Waals surface area contributed by atoms with Crippen molar-refractivity contribution in [1.82, 2.24) is 5.32 Å². The summed E-state index contributed by atoms with van der Waals surface area (Å²) < 4.78 is 5.99. The number of likely N-dealkylation sites (N-methyl/N-ethyl adjacent to an activating group) is 1. The second-order valence-electron chi connectivity index (χ2n) is 5.65. The second-order valence-corrected chi connectivity index (χ2v) is 5.65. The maximum atomic E-state index is 5.99. The third kappa shape index (κ3) is 4.61. The molecule has 0 bridgehead atoms. The van der Waals surface area contributed by atoms with E-state index in [1.807, 2.05) is 13.1 Å². The van der Waals surface area contributed by atoms with Crippen LogP contribution in [-0.2, 0) is 13.0 Å². The van der Waals surface area contributed by atoms with Gasteiger partial charge in [-0.2, -0.15) is 0 Å². The van der Waals surface area contributed by atoms with Crippen molar-refractivity contribution >= 4 is 0 Å². The first-order chi connectivity index (χ1) is 10.2. The fourth-order valence-corrected chi connectivity index (χ4v) is 2.32. The molecule has 0 amide bonds. The molecule has 2 nitrogen and oxygen atoms in total. The molecule has 2 aromatic carbocycles. The average Bonchev–Trinajstić information content (AvgIpc) is 2.52. The van der Waals surface area contributed by atoms with Gasteiger partial charge in [0, 0.05) is 0 Å². The van der Waals surface area contributed by atoms with E-state index in [9.17, 15) is 0 Å². The number of para-hydroxylation sites is 1. The number of ether oxygens (including phenoxy) is 1. The molecule has 2 rings (SSSR count). The quantitative estimate of drug-likeness (QED) is 0.824. The van der Waals surface area contributed by atoms with E-state index < -0.39 is 0 Å². The molecule has 0 aliphatic heterocycles. The molecular weight excluding hydrogens is 258 g/mol. The Bertz CT molecular complexity index is 546. The summed E-state index contributed by atoms with van der Waals surface area (Å²) in [5.74, 6) is 1.47. The van der Waals surface area contributed by atoms with E-state index >= 15 is 0 Å². The molecule has 2 aromatic rings. The summed E-state index contributed by atoms with van der Waals surface area (Å²) in [7, 11) is 1.98. The van der Waals surface area contributed by atoms with Gasteiger partial charge in [-0.1, -0.05) is 56.3 Å². The summed E-state index contributed by atoms with van der Waals surface area (Å²) in [4.78, 5) is 0. The summed E-state index contributed by atoms with van der Waals surface area (Å²) in [6.07, 6.45) is 1.06. The minimum absolute atomic E-state index is 0.477. The first-order valence-electron chi connectivity index (χ1n) is 7.65. The van der Waals surface area contributed by atoms with Crippen molar-refractivity contribution in [3.8, 4) is 5.75 Å². The monoisotopic (exact) mass is 283 g/mol. The van der Waals surface area contributed by atoms with Crippen molar-refractivity contribution in [1.29, 1.82) is 0 Å². The molecule has 0 aliphatic rings. The molecule has 0 aliphatic carbocycles. The maximum Gasteiger partial charge on any atom is 0.123 e. The van der Waals surface area contributed by atoms with Crippen molar-refractivity contribution in [3.05, 3.63) is 65.2 Å². The van der Waals surface area contributed by atoms with Gasteiger partial charge in [0.25, 0.3) is 0 Å². The van der Waals surface area contributed by atoms with Crippen LogP contribution in [0, 0.1) is 0 Å². The third-order valence-electron chi connectivity index (χ3n) is 3.62. The molecular formula is C19H25NO. The summed E-state index contributed by atoms with van der Waals surface area (Å²) in [5, 5.41) is 3.17. The van der Waals surface area contributed by atoms with Crippen LogP contribution in [0.1, 0.15) is 36.5 Å². The zero-order chi connectivity index (χ0) is 15.1. The zero-order valence-corrected chi connectivity index (χ0v) is 13.2. The van der Waals surface area contributed by atoms with Gasteiger partial charge in [-0.25, -0.2) is 0 Å². The van der Waals surface area contributed by atoms with Gasteiger partial charge in [0.15, 0.2) is 0 Å². The van der Waals surface area contributed by atoms with Crippen LogP contribution >= 0.6 is 0 Å². The Hall–Kier alpha value is -1.80. The molecule has 0 aromatic heterocycles. The first-order valence-corrected chi connectivity index (χ1v) is 7.65. The van der Waals surface area contributed by atoms with E-state index in [0.29, 0.717) is 12.5 Å². The molecule has 0 saturated heterocycles. The van der Waals surface area contributed by atoms with Crippen LogP contribution < -0.4 is 10.1 Å². The smallest absolute Gasteiger partial charge is 0.123 e. The van der Waals surface area contributed by atoms with Crippen LogP contribution in [0.2, 0.25) is 0 Å². The SMILES string of the molecule is CNCCc1ccc(COc2ccccc2C(C)C)cc1. The summed E-state index contributed by atoms with van der Waals surface area (Å²) in [5.41, 5.74) is 3.83. The molecule has 0 saturated carbocycles. The summed E-state index contributed by atoms with van der Waals surface area (Å²) >= 11 is 0. The lowest BCUT2D eigenvalue weighted by Crippen LogP contribution is -2.10. The normalized spacial score (nSPS) is 10.9. The van der Waals surface area contributed by atoms with Gasteiger partial charge in [0.1, 0.15) is 12.4 Å². The van der Waals surface area contributed by atoms with Crippen molar-refractivity contribution in [2.75, 3.05) is 13.6 Å². The molecule has 0 radical (unpaired) electrons. The lowest BCUT2D eigenvalue weighted by Gasteiger charge is -2.14. The number of nitrogens with one attached hydrogen (secondary N) is 1. The van der Waals surface area contributed by atoms with Crippen LogP contribution in [0.5, 0.6) is 5.75 Å². The highest BCUT2D eigenvalue weighted by molar-refractivity contribution is 5.36. The summed E-state index contributed by atoms with van der Waals surface area (Å²) in [6, 6.07) is 17.0. The van der Waals surface area contributed by atoms with E-state index in [1.54, 1.807) is 0 Å². The van der Waals surface area contributed by atoms with E-state index in [1.165, 1.54) is 16.7 Å². The fraction of sp³-hybridized carbons (Fsp3) is 0.368. The van der Waals surface area contributed by atoms with Gasteiger partial charge in [-0.3, -0.25) is 0 Å². The lowest BCUT2D eigenvalue weighted by molar-refractivity contribution is 0.302. The molecule has 0 heterocycles. The van der Waals surface area contributed by atoms with E-state index in [2.05, 4.69) is 61.6 Å². The Balaban J connectivity index is 1.97. The molecule has 0 atom stereocenters. The fourth-order valence-electron chi connectivity index (χ4n) is 2.32. The minimum atomic E-state index is 0.477. The minimum Gasteiger partial charge on any atom is -0.489 e. The Morgan fingerprint density at radius 2 is 1.62 bits per heavy atom. The number of hydrogen-bond donors (Lipinski definition) is 1. The lowest BCUT2D eigenvalue weighted by atomic mass is 10.0. The first kappa shape index (κ1) is 15.6. The zero-order valence-electron chi connectivity index (χ0n) is 13.2. The molecule has 2 heteroatoms. The molecule has 21 heavy (non-hydrogen) atoms. The largest absolute Gasteiger partial charge is 0.489 e.